The number of aromatic hydroxyl groups is 3. The van der Waals surface area contributed by atoms with Crippen LogP contribution in [0.15, 0.2) is 36.4 Å². The lowest BCUT2D eigenvalue weighted by Gasteiger charge is -2.18. The molecule has 0 fully saturated rings. The van der Waals surface area contributed by atoms with E-state index < -0.39 is 0 Å². The summed E-state index contributed by atoms with van der Waals surface area (Å²) in [5.74, 6) is -2.10. The van der Waals surface area contributed by atoms with Gasteiger partial charge in [0, 0.05) is 16.7 Å². The molecule has 3 atom stereocenters. The van der Waals surface area contributed by atoms with E-state index in [1.165, 1.54) is 18.2 Å². The van der Waals surface area contributed by atoms with Gasteiger partial charge in [-0.05, 0) is 95.7 Å². The van der Waals surface area contributed by atoms with Gasteiger partial charge in [-0.1, -0.05) is 80.1 Å². The van der Waals surface area contributed by atoms with E-state index in [4.69, 9.17) is 14.2 Å². The van der Waals surface area contributed by atoms with Gasteiger partial charge in [0.1, 0.15) is 34.5 Å². The zero-order chi connectivity index (χ0) is 44.1. The molecule has 0 spiro atoms. The van der Waals surface area contributed by atoms with E-state index in [-0.39, 0.29) is 121 Å². The Labute approximate surface area is 354 Å². The summed E-state index contributed by atoms with van der Waals surface area (Å²) in [6.45, 7) is 16.9. The number of phenolic OH excluding ortho intramolecular Hbond substituents is 3. The number of hydrogen-bond donors (Lipinski definition) is 3. The van der Waals surface area contributed by atoms with Gasteiger partial charge < -0.3 is 29.5 Å². The number of carbonyl (C=O) groups is 3. The van der Waals surface area contributed by atoms with Gasteiger partial charge in [-0.3, -0.25) is 14.4 Å². The van der Waals surface area contributed by atoms with Crippen LogP contribution in [0.4, 0.5) is 0 Å². The molecule has 60 heavy (non-hydrogen) atoms. The quantitative estimate of drug-likeness (QED) is 0.0535. The molecule has 324 valence electrons. The number of nitrogens with zero attached hydrogens (tertiary/aromatic N) is 3. The third kappa shape index (κ3) is 11.2. The highest BCUT2D eigenvalue weighted by molar-refractivity contribution is 5.81. The highest BCUT2D eigenvalue weighted by atomic mass is 16.5. The predicted molar refractivity (Wildman–Crippen MR) is 232 cm³/mol. The second-order valence-electron chi connectivity index (χ2n) is 15.6. The molecule has 0 radical (unpaired) electrons. The molecule has 4 rings (SSSR count). The largest absolute Gasteiger partial charge is 0.507 e. The Morgan fingerprint density at radius 3 is 0.933 bits per heavy atom. The first-order valence-corrected chi connectivity index (χ1v) is 21.6. The third-order valence-electron chi connectivity index (χ3n) is 11.3. The maximum absolute atomic E-state index is 13.1. The molecule has 0 bridgehead atoms. The molecule has 3 N–H and O–H groups in total. The van der Waals surface area contributed by atoms with Crippen molar-refractivity contribution in [1.29, 1.82) is 0 Å². The SMILES string of the molecule is CCCCC(CC)C(=O)Oc1ccc(-c2nc(-c3ccc(OC(=O)C(CC)CCCC)c(C)c3O)nc(-c3ccc(OC(=O)C(CC)CCCC)c(C)c3O)n2)c(O)c1C. The van der Waals surface area contributed by atoms with Crippen LogP contribution in [-0.4, -0.2) is 48.2 Å². The number of unbranched alkanes of at least 4 members (excludes halogenated alkanes) is 3. The molecule has 0 aliphatic heterocycles. The van der Waals surface area contributed by atoms with Crippen molar-refractivity contribution in [3.63, 3.8) is 0 Å². The number of phenols is 3. The smallest absolute Gasteiger partial charge is 0.314 e. The summed E-state index contributed by atoms with van der Waals surface area (Å²) in [7, 11) is 0. The van der Waals surface area contributed by atoms with Crippen molar-refractivity contribution in [3.05, 3.63) is 53.1 Å². The minimum atomic E-state index is -0.372. The Hall–Kier alpha value is -5.52. The molecule has 4 aromatic rings. The zero-order valence-electron chi connectivity index (χ0n) is 36.8. The number of aromatic nitrogens is 3. The number of carbonyl (C=O) groups excluding carboxylic acids is 3. The summed E-state index contributed by atoms with van der Waals surface area (Å²) in [6, 6.07) is 9.32. The average Bonchev–Trinajstić information content (AvgIpc) is 3.23. The molecular weight excluding hydrogens is 763 g/mol. The Kier molecular flexibility index (Phi) is 17.4. The topological polar surface area (TPSA) is 178 Å². The van der Waals surface area contributed by atoms with Crippen molar-refractivity contribution in [1.82, 2.24) is 15.0 Å². The van der Waals surface area contributed by atoms with Crippen molar-refractivity contribution < 1.29 is 43.9 Å². The molecular formula is C48H63N3O9. The van der Waals surface area contributed by atoms with Crippen LogP contribution in [0.25, 0.3) is 34.2 Å². The molecule has 0 saturated heterocycles. The summed E-state index contributed by atoms with van der Waals surface area (Å²) in [4.78, 5) is 53.4. The number of benzene rings is 3. The third-order valence-corrected chi connectivity index (χ3v) is 11.3. The summed E-state index contributed by atoms with van der Waals surface area (Å²) < 4.78 is 17.3. The van der Waals surface area contributed by atoms with Crippen molar-refractivity contribution in [3.8, 4) is 68.7 Å². The second kappa shape index (κ2) is 22.2. The van der Waals surface area contributed by atoms with Gasteiger partial charge in [0.05, 0.1) is 34.4 Å². The fourth-order valence-corrected chi connectivity index (χ4v) is 7.05. The van der Waals surface area contributed by atoms with Crippen LogP contribution in [0, 0.1) is 38.5 Å². The Morgan fingerprint density at radius 2 is 0.717 bits per heavy atom. The van der Waals surface area contributed by atoms with E-state index in [2.05, 4.69) is 35.7 Å². The van der Waals surface area contributed by atoms with E-state index in [9.17, 15) is 29.7 Å². The van der Waals surface area contributed by atoms with Gasteiger partial charge in [0.15, 0.2) is 17.5 Å². The van der Waals surface area contributed by atoms with E-state index in [1.807, 2.05) is 20.8 Å². The fourth-order valence-electron chi connectivity index (χ4n) is 7.05. The van der Waals surface area contributed by atoms with Crippen LogP contribution in [-0.2, 0) is 14.4 Å². The van der Waals surface area contributed by atoms with E-state index in [0.29, 0.717) is 38.5 Å². The monoisotopic (exact) mass is 825 g/mol. The van der Waals surface area contributed by atoms with Crippen LogP contribution < -0.4 is 14.2 Å². The van der Waals surface area contributed by atoms with Crippen LogP contribution in [0.1, 0.15) is 135 Å². The first kappa shape index (κ1) is 47.2. The molecule has 1 aromatic heterocycles. The normalized spacial score (nSPS) is 12.8. The highest BCUT2D eigenvalue weighted by Gasteiger charge is 2.27. The minimum Gasteiger partial charge on any atom is -0.507 e. The minimum absolute atomic E-state index is 0.00797. The molecule has 0 aliphatic rings. The van der Waals surface area contributed by atoms with E-state index in [1.54, 1.807) is 39.0 Å². The van der Waals surface area contributed by atoms with Crippen LogP contribution in [0.5, 0.6) is 34.5 Å². The molecule has 3 aromatic carbocycles. The summed E-state index contributed by atoms with van der Waals surface area (Å²) >= 11 is 0. The standard InChI is InChI=1S/C48H63N3O9/c1-10-16-19-31(13-4)46(55)58-37-25-22-34(40(52)28(37)7)43-49-44(35-23-26-38(29(8)41(35)53)59-47(56)32(14-5)20-17-11-2)51-45(50-43)36-24-27-39(30(9)42(36)54)60-48(57)33(15-6)21-18-12-3/h22-27,31-33,52-54H,10-21H2,1-9H3. The molecule has 0 aliphatic carbocycles. The highest BCUT2D eigenvalue weighted by Crippen LogP contribution is 2.42. The molecule has 12 heteroatoms. The number of ether oxygens (including phenoxy) is 3. The zero-order valence-corrected chi connectivity index (χ0v) is 36.8. The lowest BCUT2D eigenvalue weighted by Crippen LogP contribution is -2.20. The molecule has 0 amide bonds. The van der Waals surface area contributed by atoms with Gasteiger partial charge in [0.2, 0.25) is 0 Å². The summed E-state index contributed by atoms with van der Waals surface area (Å²) in [6.07, 6.45) is 9.52. The van der Waals surface area contributed by atoms with Crippen molar-refractivity contribution in [2.24, 2.45) is 17.8 Å². The van der Waals surface area contributed by atoms with Gasteiger partial charge in [0.25, 0.3) is 0 Å². The van der Waals surface area contributed by atoms with Gasteiger partial charge in [-0.25, -0.2) is 15.0 Å². The van der Waals surface area contributed by atoms with E-state index >= 15 is 0 Å². The van der Waals surface area contributed by atoms with Gasteiger partial charge >= 0.3 is 17.9 Å². The number of esters is 3. The van der Waals surface area contributed by atoms with E-state index in [0.717, 1.165) is 38.5 Å². The van der Waals surface area contributed by atoms with Gasteiger partial charge in [-0.15, -0.1) is 0 Å². The molecule has 12 nitrogen and oxygen atoms in total. The number of hydrogen-bond acceptors (Lipinski definition) is 12. The van der Waals surface area contributed by atoms with Crippen molar-refractivity contribution in [2.75, 3.05) is 0 Å². The van der Waals surface area contributed by atoms with Crippen LogP contribution in [0.2, 0.25) is 0 Å². The lowest BCUT2D eigenvalue weighted by molar-refractivity contribution is -0.140. The average molecular weight is 826 g/mol. The van der Waals surface area contributed by atoms with Gasteiger partial charge in [-0.2, -0.15) is 0 Å². The first-order chi connectivity index (χ1) is 28.7. The van der Waals surface area contributed by atoms with Crippen LogP contribution >= 0.6 is 0 Å². The maximum atomic E-state index is 13.1. The van der Waals surface area contributed by atoms with Crippen molar-refractivity contribution >= 4 is 17.9 Å². The maximum Gasteiger partial charge on any atom is 0.314 e. The first-order valence-electron chi connectivity index (χ1n) is 21.6. The predicted octanol–water partition coefficient (Wildman–Crippen LogP) is 11.3. The molecule has 3 unspecified atom stereocenters. The fraction of sp³-hybridized carbons (Fsp3) is 0.500. The number of rotatable bonds is 21. The molecule has 0 saturated carbocycles. The summed E-state index contributed by atoms with van der Waals surface area (Å²) in [5.41, 5.74) is 1.39. The lowest BCUT2D eigenvalue weighted by atomic mass is 9.99. The summed E-state index contributed by atoms with van der Waals surface area (Å²) in [5, 5.41) is 34.8. The Morgan fingerprint density at radius 1 is 0.467 bits per heavy atom. The molecule has 1 heterocycles. The van der Waals surface area contributed by atoms with Crippen LogP contribution in [0.3, 0.4) is 0 Å². The Bertz CT molecular complexity index is 1880. The Balaban J connectivity index is 1.84. The second-order valence-corrected chi connectivity index (χ2v) is 15.6. The van der Waals surface area contributed by atoms with Crippen molar-refractivity contribution in [2.45, 2.75) is 139 Å².